The van der Waals surface area contributed by atoms with Crippen LogP contribution in [0.25, 0.3) is 0 Å². The van der Waals surface area contributed by atoms with Crippen LogP contribution in [0.4, 0.5) is 0 Å². The average Bonchev–Trinajstić information content (AvgIpc) is 3.53. The first kappa shape index (κ1) is 43.8. The van der Waals surface area contributed by atoms with E-state index in [4.69, 9.17) is 0 Å². The van der Waals surface area contributed by atoms with E-state index in [9.17, 15) is 0 Å². The topological polar surface area (TPSA) is 43.6 Å². The van der Waals surface area contributed by atoms with Crippen molar-refractivity contribution >= 4 is 0 Å². The highest BCUT2D eigenvalue weighted by atomic mass is 15.3. The van der Waals surface area contributed by atoms with Gasteiger partial charge in [0.2, 0.25) is 0 Å². The fraction of sp³-hybridized carbons (Fsp3) is 0.578. The first-order valence-corrected chi connectivity index (χ1v) is 18.6. The zero-order valence-electron chi connectivity index (χ0n) is 34.7. The van der Waals surface area contributed by atoms with E-state index in [-0.39, 0.29) is 10.8 Å². The summed E-state index contributed by atoms with van der Waals surface area (Å²) < 4.78 is 2.00. The van der Waals surface area contributed by atoms with Crippen molar-refractivity contribution in [2.75, 3.05) is 0 Å². The van der Waals surface area contributed by atoms with Gasteiger partial charge in [-0.05, 0) is 99.8 Å². The van der Waals surface area contributed by atoms with E-state index in [1.54, 1.807) is 0 Å². The maximum Gasteiger partial charge on any atom is 0.0524 e. The van der Waals surface area contributed by atoms with Crippen LogP contribution in [0.3, 0.4) is 0 Å². The third kappa shape index (κ3) is 15.9. The summed E-state index contributed by atoms with van der Waals surface area (Å²) in [7, 11) is 0. The monoisotopic (exact) mass is 669 g/mol. The highest BCUT2D eigenvalue weighted by Crippen LogP contribution is 2.28. The molecule has 1 aromatic carbocycles. The second-order valence-corrected chi connectivity index (χ2v) is 17.3. The highest BCUT2D eigenvalue weighted by Gasteiger charge is 2.18. The third-order valence-corrected chi connectivity index (χ3v) is 8.59. The van der Waals surface area contributed by atoms with Gasteiger partial charge in [0.05, 0.1) is 6.20 Å². The molecule has 0 aliphatic rings. The number of benzene rings is 1. The molecule has 4 heteroatoms. The van der Waals surface area contributed by atoms with E-state index in [0.29, 0.717) is 35.6 Å². The molecule has 0 spiro atoms. The summed E-state index contributed by atoms with van der Waals surface area (Å²) in [6, 6.07) is 16.0. The Morgan fingerprint density at radius 3 is 1.33 bits per heavy atom. The van der Waals surface area contributed by atoms with Crippen LogP contribution in [0.1, 0.15) is 199 Å². The zero-order valence-corrected chi connectivity index (χ0v) is 34.7. The average molecular weight is 669 g/mol. The molecular weight excluding hydrogens is 597 g/mol. The second-order valence-electron chi connectivity index (χ2n) is 17.3. The van der Waals surface area contributed by atoms with E-state index in [2.05, 4.69) is 188 Å². The van der Waals surface area contributed by atoms with Crippen molar-refractivity contribution in [2.45, 2.75) is 171 Å². The molecule has 0 atom stereocenters. The molecule has 0 saturated heterocycles. The lowest BCUT2D eigenvalue weighted by Crippen LogP contribution is -2.15. The summed E-state index contributed by atoms with van der Waals surface area (Å²) in [6.07, 6.45) is 9.89. The minimum Gasteiger partial charge on any atom is -0.270 e. The molecular formula is C45H72N4. The molecule has 4 rings (SSSR count). The predicted molar refractivity (Wildman–Crippen MR) is 215 cm³/mol. The normalized spacial score (nSPS) is 11.8. The third-order valence-electron chi connectivity index (χ3n) is 8.59. The zero-order chi connectivity index (χ0) is 37.7. The summed E-state index contributed by atoms with van der Waals surface area (Å²) in [6.45, 7) is 39.7. The Bertz CT molecular complexity index is 1340. The van der Waals surface area contributed by atoms with Crippen molar-refractivity contribution in [3.63, 3.8) is 0 Å². The molecule has 0 radical (unpaired) electrons. The molecule has 0 fully saturated rings. The molecule has 0 aliphatic heterocycles. The first-order chi connectivity index (χ1) is 22.5. The summed E-state index contributed by atoms with van der Waals surface area (Å²) in [4.78, 5) is 8.55. The van der Waals surface area contributed by atoms with Gasteiger partial charge in [-0.25, -0.2) is 0 Å². The summed E-state index contributed by atoms with van der Waals surface area (Å²) in [5, 5.41) is 4.25. The standard InChI is InChI=1S/C14H22.2C11H17N.C9H16N2/c1-13(2,3)11-8-7-9-12(10-11)14(4,5)6;1-8(2)10-5-11(9(3)4)7-12-6-10;1-8(2)10-5-6-12-11(7-10)9(3)4;1-7(2)9-5-10-11(6-9)8(3)4/h7-10H,1-6H3;2*5-9H,1-4H3;5-8H,1-4H3. The number of pyridine rings is 2. The van der Waals surface area contributed by atoms with Crippen molar-refractivity contribution in [1.29, 1.82) is 0 Å². The summed E-state index contributed by atoms with van der Waals surface area (Å²) in [5.41, 5.74) is 9.91. The number of hydrogen-bond acceptors (Lipinski definition) is 3. The van der Waals surface area contributed by atoms with Gasteiger partial charge >= 0.3 is 0 Å². The highest BCUT2D eigenvalue weighted by molar-refractivity contribution is 5.32. The van der Waals surface area contributed by atoms with Crippen LogP contribution in [-0.2, 0) is 10.8 Å². The summed E-state index contributed by atoms with van der Waals surface area (Å²) in [5.74, 6) is 2.88. The van der Waals surface area contributed by atoms with Crippen LogP contribution in [-0.4, -0.2) is 19.7 Å². The lowest BCUT2D eigenvalue weighted by molar-refractivity contribution is 0.531. The number of aromatic nitrogens is 4. The minimum atomic E-state index is 0.251. The van der Waals surface area contributed by atoms with Crippen molar-refractivity contribution in [1.82, 2.24) is 19.7 Å². The molecule has 0 unspecified atom stereocenters. The van der Waals surface area contributed by atoms with E-state index < -0.39 is 0 Å². The van der Waals surface area contributed by atoms with Gasteiger partial charge in [-0.2, -0.15) is 5.10 Å². The van der Waals surface area contributed by atoms with Crippen LogP contribution in [0.5, 0.6) is 0 Å². The second kappa shape index (κ2) is 19.8. The lowest BCUT2D eigenvalue weighted by Gasteiger charge is -2.24. The van der Waals surface area contributed by atoms with E-state index >= 15 is 0 Å². The Morgan fingerprint density at radius 2 is 0.980 bits per heavy atom. The van der Waals surface area contributed by atoms with Gasteiger partial charge in [-0.1, -0.05) is 141 Å². The van der Waals surface area contributed by atoms with Crippen molar-refractivity contribution in [3.05, 3.63) is 113 Å². The number of hydrogen-bond donors (Lipinski definition) is 0. The van der Waals surface area contributed by atoms with Crippen LogP contribution in [0.15, 0.2) is 73.4 Å². The SMILES string of the molecule is CC(C)(C)c1cccc(C(C)(C)C)c1.CC(C)c1ccnc(C(C)C)c1.CC(C)c1cncc(C(C)C)c1.CC(C)c1cnn(C(C)C)c1. The van der Waals surface area contributed by atoms with Crippen molar-refractivity contribution < 1.29 is 0 Å². The molecule has 0 amide bonds. The molecule has 0 saturated carbocycles. The van der Waals surface area contributed by atoms with Crippen LogP contribution >= 0.6 is 0 Å². The Labute approximate surface area is 302 Å². The predicted octanol–water partition coefficient (Wildman–Crippen LogP) is 13.5. The first-order valence-electron chi connectivity index (χ1n) is 18.6. The quantitative estimate of drug-likeness (QED) is 0.205. The minimum absolute atomic E-state index is 0.251. The van der Waals surface area contributed by atoms with Gasteiger partial charge < -0.3 is 0 Å². The van der Waals surface area contributed by atoms with Crippen molar-refractivity contribution in [2.24, 2.45) is 0 Å². The van der Waals surface area contributed by atoms with Crippen molar-refractivity contribution in [3.8, 4) is 0 Å². The largest absolute Gasteiger partial charge is 0.270 e. The van der Waals surface area contributed by atoms with Gasteiger partial charge in [-0.15, -0.1) is 0 Å². The summed E-state index contributed by atoms with van der Waals surface area (Å²) >= 11 is 0. The fourth-order valence-electron chi connectivity index (χ4n) is 4.63. The van der Waals surface area contributed by atoms with E-state index in [0.717, 1.165) is 0 Å². The maximum absolute atomic E-state index is 4.32. The number of rotatable bonds is 6. The molecule has 272 valence electrons. The maximum atomic E-state index is 4.32. The molecule has 0 N–H and O–H groups in total. The van der Waals surface area contributed by atoms with Gasteiger partial charge in [0.1, 0.15) is 0 Å². The molecule has 0 bridgehead atoms. The van der Waals surface area contributed by atoms with E-state index in [1.165, 1.54) is 39.1 Å². The van der Waals surface area contributed by atoms with Gasteiger partial charge in [-0.3, -0.25) is 14.6 Å². The Kier molecular flexibility index (Phi) is 17.7. The van der Waals surface area contributed by atoms with Gasteiger partial charge in [0.15, 0.2) is 0 Å². The molecule has 3 aromatic heterocycles. The van der Waals surface area contributed by atoms with Crippen LogP contribution in [0, 0.1) is 0 Å². The smallest absolute Gasteiger partial charge is 0.0524 e. The Morgan fingerprint density at radius 1 is 0.510 bits per heavy atom. The van der Waals surface area contributed by atoms with Gasteiger partial charge in [0.25, 0.3) is 0 Å². The molecule has 4 aromatic rings. The van der Waals surface area contributed by atoms with Gasteiger partial charge in [0, 0.05) is 36.5 Å². The van der Waals surface area contributed by atoms with Crippen LogP contribution < -0.4 is 0 Å². The molecule has 49 heavy (non-hydrogen) atoms. The fourth-order valence-corrected chi connectivity index (χ4v) is 4.63. The molecule has 0 aliphatic carbocycles. The lowest BCUT2D eigenvalue weighted by atomic mass is 9.81. The van der Waals surface area contributed by atoms with E-state index in [1.807, 2.05) is 29.5 Å². The van der Waals surface area contributed by atoms with Crippen LogP contribution in [0.2, 0.25) is 0 Å². The Hall–Kier alpha value is -3.27. The molecule has 4 nitrogen and oxygen atoms in total. The molecule has 3 heterocycles. The number of nitrogens with zero attached hydrogens (tertiary/aromatic N) is 4. The Balaban J connectivity index is 0.000000328.